The van der Waals surface area contributed by atoms with Gasteiger partial charge in [-0.15, -0.1) is 0 Å². The first kappa shape index (κ1) is 17.9. The van der Waals surface area contributed by atoms with Gasteiger partial charge in [-0.05, 0) is 30.9 Å². The van der Waals surface area contributed by atoms with Crippen molar-refractivity contribution in [2.24, 2.45) is 5.41 Å². The molecule has 5 nitrogen and oxygen atoms in total. The molecule has 0 bridgehead atoms. The second-order valence-electron chi connectivity index (χ2n) is 6.17. The average molecular weight is 307 g/mol. The molecule has 0 fully saturated rings. The van der Waals surface area contributed by atoms with E-state index >= 15 is 0 Å². The van der Waals surface area contributed by atoms with Crippen LogP contribution in [-0.4, -0.2) is 23.8 Å². The molecule has 0 heterocycles. The molecule has 3 N–H and O–H groups in total. The lowest BCUT2D eigenvalue weighted by Crippen LogP contribution is -2.41. The number of hydrogen-bond donors (Lipinski definition) is 3. The molecule has 2 amide bonds. The van der Waals surface area contributed by atoms with E-state index in [4.69, 9.17) is 5.26 Å². The van der Waals surface area contributed by atoms with Gasteiger partial charge in [-0.1, -0.05) is 19.9 Å². The summed E-state index contributed by atoms with van der Waals surface area (Å²) in [6, 6.07) is 5.57. The first-order valence-electron chi connectivity index (χ1n) is 7.12. The molecule has 0 aliphatic carbocycles. The minimum atomic E-state index is -0.520. The Kier molecular flexibility index (Phi) is 6.32. The van der Waals surface area contributed by atoms with Crippen molar-refractivity contribution in [2.45, 2.75) is 39.8 Å². The predicted octanol–water partition coefficient (Wildman–Crippen LogP) is 2.29. The van der Waals surface area contributed by atoms with Crippen LogP contribution in [0.15, 0.2) is 18.2 Å². The van der Waals surface area contributed by atoms with E-state index in [1.807, 2.05) is 19.9 Å². The number of amides is 2. The van der Waals surface area contributed by atoms with Gasteiger partial charge in [-0.2, -0.15) is 5.26 Å². The highest BCUT2D eigenvalue weighted by molar-refractivity contribution is 5.73. The van der Waals surface area contributed by atoms with Gasteiger partial charge < -0.3 is 15.7 Å². The van der Waals surface area contributed by atoms with Gasteiger partial charge in [0.2, 0.25) is 0 Å². The topological polar surface area (TPSA) is 85.2 Å². The summed E-state index contributed by atoms with van der Waals surface area (Å²) in [6.07, 6.45) is 0.130. The molecular weight excluding hydrogens is 285 g/mol. The number of rotatable bonds is 6. The highest BCUT2D eigenvalue weighted by Crippen LogP contribution is 2.20. The van der Waals surface area contributed by atoms with Gasteiger partial charge in [0.05, 0.1) is 17.7 Å². The van der Waals surface area contributed by atoms with Crippen LogP contribution >= 0.6 is 0 Å². The zero-order valence-corrected chi connectivity index (χ0v) is 13.1. The number of urea groups is 1. The molecule has 1 atom stereocenters. The van der Waals surface area contributed by atoms with Crippen molar-refractivity contribution in [3.63, 3.8) is 0 Å². The van der Waals surface area contributed by atoms with E-state index in [9.17, 15) is 14.3 Å². The summed E-state index contributed by atoms with van der Waals surface area (Å²) in [6.45, 7) is 6.04. The maximum absolute atomic E-state index is 13.7. The Hall–Kier alpha value is -2.13. The Bertz CT molecular complexity index is 565. The van der Waals surface area contributed by atoms with Crippen LogP contribution in [0.5, 0.6) is 0 Å². The molecule has 1 rings (SSSR count). The van der Waals surface area contributed by atoms with Crippen molar-refractivity contribution in [1.29, 1.82) is 5.26 Å². The molecular formula is C16H22FN3O2. The largest absolute Gasteiger partial charge is 0.393 e. The number of nitrogens with one attached hydrogen (secondary N) is 2. The Morgan fingerprint density at radius 1 is 1.45 bits per heavy atom. The zero-order valence-electron chi connectivity index (χ0n) is 13.1. The fourth-order valence-corrected chi connectivity index (χ4v) is 2.19. The van der Waals surface area contributed by atoms with Crippen LogP contribution in [0.2, 0.25) is 0 Å². The number of carbonyl (C=O) groups is 1. The first-order valence-corrected chi connectivity index (χ1v) is 7.12. The van der Waals surface area contributed by atoms with Crippen LogP contribution in [0.4, 0.5) is 9.18 Å². The lowest BCUT2D eigenvalue weighted by Gasteiger charge is -2.26. The molecule has 0 spiro atoms. The Morgan fingerprint density at radius 3 is 2.68 bits per heavy atom. The number of nitrogens with zero attached hydrogens (tertiary/aromatic N) is 1. The fourth-order valence-electron chi connectivity index (χ4n) is 2.19. The maximum atomic E-state index is 13.7. The van der Waals surface area contributed by atoms with Crippen LogP contribution < -0.4 is 10.6 Å². The molecule has 0 saturated carbocycles. The SMILES string of the molecule is CC(O)CC(C)(C)CNC(=O)NCc1ccc(C#N)cc1F. The highest BCUT2D eigenvalue weighted by Gasteiger charge is 2.21. The van der Waals surface area contributed by atoms with E-state index in [0.717, 1.165) is 6.07 Å². The van der Waals surface area contributed by atoms with Gasteiger partial charge in [0.25, 0.3) is 0 Å². The minimum absolute atomic E-state index is 0.0419. The maximum Gasteiger partial charge on any atom is 0.315 e. The van der Waals surface area contributed by atoms with Crippen LogP contribution in [0.1, 0.15) is 38.3 Å². The zero-order chi connectivity index (χ0) is 16.8. The molecule has 1 aromatic carbocycles. The number of aliphatic hydroxyl groups excluding tert-OH is 1. The van der Waals surface area contributed by atoms with Crippen LogP contribution in [0, 0.1) is 22.6 Å². The van der Waals surface area contributed by atoms with E-state index in [1.54, 1.807) is 6.92 Å². The third-order valence-electron chi connectivity index (χ3n) is 3.20. The van der Waals surface area contributed by atoms with Gasteiger partial charge >= 0.3 is 6.03 Å². The first-order chi connectivity index (χ1) is 10.2. The van der Waals surface area contributed by atoms with Crippen molar-refractivity contribution in [3.8, 4) is 6.07 Å². The molecule has 0 radical (unpaired) electrons. The van der Waals surface area contributed by atoms with Crippen molar-refractivity contribution >= 4 is 6.03 Å². The number of aliphatic hydroxyl groups is 1. The van der Waals surface area contributed by atoms with Gasteiger partial charge in [0.15, 0.2) is 0 Å². The Morgan fingerprint density at radius 2 is 2.14 bits per heavy atom. The molecule has 0 aromatic heterocycles. The average Bonchev–Trinajstić information content (AvgIpc) is 2.42. The summed E-state index contributed by atoms with van der Waals surface area (Å²) in [5.41, 5.74) is 0.327. The monoisotopic (exact) mass is 307 g/mol. The van der Waals surface area contributed by atoms with Crippen LogP contribution in [0.25, 0.3) is 0 Å². The third kappa shape index (κ3) is 6.10. The molecule has 0 saturated heterocycles. The van der Waals surface area contributed by atoms with Crippen molar-refractivity contribution in [3.05, 3.63) is 35.1 Å². The van der Waals surface area contributed by atoms with Crippen molar-refractivity contribution in [2.75, 3.05) is 6.54 Å². The summed E-state index contributed by atoms with van der Waals surface area (Å²) < 4.78 is 13.7. The van der Waals surface area contributed by atoms with E-state index in [-0.39, 0.29) is 17.5 Å². The van der Waals surface area contributed by atoms with Gasteiger partial charge in [-0.25, -0.2) is 9.18 Å². The summed E-state index contributed by atoms with van der Waals surface area (Å²) in [4.78, 5) is 11.7. The number of nitriles is 1. The standard InChI is InChI=1S/C16H22FN3O2/c1-11(21)7-16(2,3)10-20-15(22)19-9-13-5-4-12(8-18)6-14(13)17/h4-6,11,21H,7,9-10H2,1-3H3,(H2,19,20,22). The summed E-state index contributed by atoms with van der Waals surface area (Å²) in [5, 5.41) is 23.3. The number of carbonyl (C=O) groups excluding carboxylic acids is 1. The summed E-state index contributed by atoms with van der Waals surface area (Å²) >= 11 is 0. The number of benzene rings is 1. The second-order valence-corrected chi connectivity index (χ2v) is 6.17. The highest BCUT2D eigenvalue weighted by atomic mass is 19.1. The molecule has 6 heteroatoms. The minimum Gasteiger partial charge on any atom is -0.393 e. The second kappa shape index (κ2) is 7.76. The number of hydrogen-bond acceptors (Lipinski definition) is 3. The van der Waals surface area contributed by atoms with Crippen molar-refractivity contribution in [1.82, 2.24) is 10.6 Å². The van der Waals surface area contributed by atoms with E-state index in [2.05, 4.69) is 10.6 Å². The molecule has 0 aliphatic rings. The number of halogens is 1. The van der Waals surface area contributed by atoms with Gasteiger partial charge in [-0.3, -0.25) is 0 Å². The molecule has 1 aromatic rings. The van der Waals surface area contributed by atoms with Gasteiger partial charge in [0, 0.05) is 18.7 Å². The van der Waals surface area contributed by atoms with Gasteiger partial charge in [0.1, 0.15) is 5.82 Å². The van der Waals surface area contributed by atoms with Crippen molar-refractivity contribution < 1.29 is 14.3 Å². The lowest BCUT2D eigenvalue weighted by molar-refractivity contribution is 0.129. The lowest BCUT2D eigenvalue weighted by atomic mass is 9.87. The van der Waals surface area contributed by atoms with E-state index in [0.29, 0.717) is 18.5 Å². The Balaban J connectivity index is 2.45. The smallest absolute Gasteiger partial charge is 0.315 e. The molecule has 120 valence electrons. The van der Waals surface area contributed by atoms with Crippen LogP contribution in [-0.2, 0) is 6.54 Å². The normalized spacial score (nSPS) is 12.4. The molecule has 1 unspecified atom stereocenters. The third-order valence-corrected chi connectivity index (χ3v) is 3.20. The van der Waals surface area contributed by atoms with E-state index < -0.39 is 18.0 Å². The van der Waals surface area contributed by atoms with E-state index in [1.165, 1.54) is 12.1 Å². The predicted molar refractivity (Wildman–Crippen MR) is 81.4 cm³/mol. The molecule has 22 heavy (non-hydrogen) atoms. The quantitative estimate of drug-likeness (QED) is 0.754. The Labute approximate surface area is 130 Å². The molecule has 0 aliphatic heterocycles. The fraction of sp³-hybridized carbons (Fsp3) is 0.500. The summed E-state index contributed by atoms with van der Waals surface area (Å²) in [5.74, 6) is -0.520. The summed E-state index contributed by atoms with van der Waals surface area (Å²) in [7, 11) is 0. The van der Waals surface area contributed by atoms with Crippen LogP contribution in [0.3, 0.4) is 0 Å².